The molecule has 3 amide bonds. The van der Waals surface area contributed by atoms with Crippen LogP contribution in [0.25, 0.3) is 0 Å². The first-order chi connectivity index (χ1) is 11.1. The first-order valence-corrected chi connectivity index (χ1v) is 7.76. The average Bonchev–Trinajstić information content (AvgIpc) is 2.56. The molecular formula is C15H15FN4O2S. The Morgan fingerprint density at radius 3 is 2.61 bits per heavy atom. The Labute approximate surface area is 136 Å². The van der Waals surface area contributed by atoms with E-state index >= 15 is 0 Å². The van der Waals surface area contributed by atoms with E-state index in [0.717, 1.165) is 4.90 Å². The number of anilines is 1. The zero-order valence-electron chi connectivity index (χ0n) is 12.1. The topological polar surface area (TPSA) is 83.1 Å². The van der Waals surface area contributed by atoms with Crippen LogP contribution in [0.1, 0.15) is 6.42 Å². The number of nitrogens with one attached hydrogen (secondary N) is 3. The fourth-order valence-electron chi connectivity index (χ4n) is 1.58. The predicted octanol–water partition coefficient (Wildman–Crippen LogP) is 2.56. The highest BCUT2D eigenvalue weighted by Gasteiger charge is 2.05. The van der Waals surface area contributed by atoms with Crippen LogP contribution < -0.4 is 16.2 Å². The number of carbonyl (C=O) groups excluding carboxylic acids is 2. The van der Waals surface area contributed by atoms with Crippen molar-refractivity contribution in [1.29, 1.82) is 0 Å². The van der Waals surface area contributed by atoms with E-state index in [2.05, 4.69) is 21.2 Å². The molecule has 0 radical (unpaired) electrons. The van der Waals surface area contributed by atoms with Gasteiger partial charge in [-0.05, 0) is 36.4 Å². The lowest BCUT2D eigenvalue weighted by molar-refractivity contribution is -0.121. The molecule has 0 aliphatic heterocycles. The molecule has 0 atom stereocenters. The number of carbonyl (C=O) groups is 2. The van der Waals surface area contributed by atoms with E-state index in [0.29, 0.717) is 11.4 Å². The molecule has 6 nitrogen and oxygen atoms in total. The summed E-state index contributed by atoms with van der Waals surface area (Å²) in [6.07, 6.45) is 3.29. The summed E-state index contributed by atoms with van der Waals surface area (Å²) in [6, 6.07) is 8.83. The van der Waals surface area contributed by atoms with Gasteiger partial charge < -0.3 is 5.32 Å². The summed E-state index contributed by atoms with van der Waals surface area (Å²) in [4.78, 5) is 27.9. The number of pyridine rings is 1. The van der Waals surface area contributed by atoms with Gasteiger partial charge in [-0.3, -0.25) is 15.2 Å². The van der Waals surface area contributed by atoms with Crippen molar-refractivity contribution in [3.8, 4) is 0 Å². The third kappa shape index (κ3) is 6.35. The Morgan fingerprint density at radius 1 is 1.13 bits per heavy atom. The standard InChI is InChI=1S/C15H15FN4O2S/c16-11-3-5-13(6-4-11)23-9-7-14(21)19-20-15(22)18-12-2-1-8-17-10-12/h1-6,8,10H,7,9H2,(H,19,21)(H2,18,20,22). The predicted molar refractivity (Wildman–Crippen MR) is 86.3 cm³/mol. The average molecular weight is 334 g/mol. The number of hydrazine groups is 1. The molecule has 0 unspecified atom stereocenters. The fraction of sp³-hybridized carbons (Fsp3) is 0.133. The van der Waals surface area contributed by atoms with Crippen LogP contribution in [0.3, 0.4) is 0 Å². The minimum Gasteiger partial charge on any atom is -0.305 e. The summed E-state index contributed by atoms with van der Waals surface area (Å²) in [5.41, 5.74) is 5.07. The lowest BCUT2D eigenvalue weighted by Crippen LogP contribution is -2.44. The number of halogens is 1. The van der Waals surface area contributed by atoms with Crippen molar-refractivity contribution in [1.82, 2.24) is 15.8 Å². The second-order valence-electron chi connectivity index (χ2n) is 4.42. The molecule has 8 heteroatoms. The lowest BCUT2D eigenvalue weighted by Gasteiger charge is -2.08. The lowest BCUT2D eigenvalue weighted by atomic mass is 10.4. The first kappa shape index (κ1) is 16.8. The molecule has 3 N–H and O–H groups in total. The van der Waals surface area contributed by atoms with Gasteiger partial charge in [0.25, 0.3) is 0 Å². The summed E-state index contributed by atoms with van der Waals surface area (Å²) in [5, 5.41) is 2.52. The number of hydrogen-bond donors (Lipinski definition) is 3. The third-order valence-electron chi connectivity index (χ3n) is 2.65. The summed E-state index contributed by atoms with van der Waals surface area (Å²) >= 11 is 1.43. The maximum Gasteiger partial charge on any atom is 0.337 e. The van der Waals surface area contributed by atoms with Crippen LogP contribution in [0.5, 0.6) is 0 Å². The van der Waals surface area contributed by atoms with Gasteiger partial charge in [0, 0.05) is 23.3 Å². The van der Waals surface area contributed by atoms with Crippen molar-refractivity contribution in [3.05, 3.63) is 54.6 Å². The zero-order valence-corrected chi connectivity index (χ0v) is 12.9. The van der Waals surface area contributed by atoms with Gasteiger partial charge in [0.15, 0.2) is 0 Å². The Hall–Kier alpha value is -2.61. The van der Waals surface area contributed by atoms with Crippen LogP contribution in [0.2, 0.25) is 0 Å². The van der Waals surface area contributed by atoms with Crippen molar-refractivity contribution in [2.24, 2.45) is 0 Å². The van der Waals surface area contributed by atoms with E-state index in [-0.39, 0.29) is 18.1 Å². The van der Waals surface area contributed by atoms with E-state index in [1.54, 1.807) is 30.5 Å². The molecule has 1 heterocycles. The van der Waals surface area contributed by atoms with Crippen molar-refractivity contribution in [2.45, 2.75) is 11.3 Å². The number of thioether (sulfide) groups is 1. The molecule has 0 bridgehead atoms. The van der Waals surface area contributed by atoms with Gasteiger partial charge in [-0.2, -0.15) is 0 Å². The molecule has 2 aromatic rings. The van der Waals surface area contributed by atoms with Crippen molar-refractivity contribution >= 4 is 29.4 Å². The van der Waals surface area contributed by atoms with E-state index in [4.69, 9.17) is 0 Å². The van der Waals surface area contributed by atoms with Gasteiger partial charge in [-0.15, -0.1) is 11.8 Å². The Balaban J connectivity index is 1.63. The third-order valence-corrected chi connectivity index (χ3v) is 3.66. The molecular weight excluding hydrogens is 319 g/mol. The molecule has 0 saturated heterocycles. The number of nitrogens with zero attached hydrogens (tertiary/aromatic N) is 1. The van der Waals surface area contributed by atoms with Gasteiger partial charge in [0.05, 0.1) is 11.9 Å². The van der Waals surface area contributed by atoms with Gasteiger partial charge >= 0.3 is 6.03 Å². The summed E-state index contributed by atoms with van der Waals surface area (Å²) in [7, 11) is 0. The molecule has 0 aliphatic rings. The van der Waals surface area contributed by atoms with Gasteiger partial charge in [0.1, 0.15) is 5.82 Å². The Morgan fingerprint density at radius 2 is 1.91 bits per heavy atom. The van der Waals surface area contributed by atoms with E-state index < -0.39 is 6.03 Å². The molecule has 1 aromatic carbocycles. The SMILES string of the molecule is O=C(CCSc1ccc(F)cc1)NNC(=O)Nc1cccnc1. The van der Waals surface area contributed by atoms with Crippen LogP contribution in [-0.4, -0.2) is 22.7 Å². The minimum absolute atomic E-state index is 0.217. The van der Waals surface area contributed by atoms with Crippen LogP contribution in [0, 0.1) is 5.82 Å². The normalized spacial score (nSPS) is 9.96. The van der Waals surface area contributed by atoms with Gasteiger partial charge in [-0.25, -0.2) is 14.6 Å². The monoisotopic (exact) mass is 334 g/mol. The van der Waals surface area contributed by atoms with E-state index in [9.17, 15) is 14.0 Å². The van der Waals surface area contributed by atoms with Gasteiger partial charge in [-0.1, -0.05) is 0 Å². The minimum atomic E-state index is -0.558. The van der Waals surface area contributed by atoms with Crippen molar-refractivity contribution < 1.29 is 14.0 Å². The van der Waals surface area contributed by atoms with Crippen LogP contribution in [0.15, 0.2) is 53.7 Å². The molecule has 0 aliphatic carbocycles. The van der Waals surface area contributed by atoms with Crippen LogP contribution >= 0.6 is 11.8 Å². The van der Waals surface area contributed by atoms with Gasteiger partial charge in [0.2, 0.25) is 5.91 Å². The quantitative estimate of drug-likeness (QED) is 0.580. The van der Waals surface area contributed by atoms with E-state index in [1.165, 1.54) is 30.1 Å². The summed E-state index contributed by atoms with van der Waals surface area (Å²) in [6.45, 7) is 0. The molecule has 120 valence electrons. The zero-order chi connectivity index (χ0) is 16.5. The largest absolute Gasteiger partial charge is 0.337 e. The molecule has 0 spiro atoms. The smallest absolute Gasteiger partial charge is 0.305 e. The van der Waals surface area contributed by atoms with Crippen molar-refractivity contribution in [2.75, 3.05) is 11.1 Å². The Kier molecular flexibility index (Phi) is 6.37. The molecule has 23 heavy (non-hydrogen) atoms. The highest BCUT2D eigenvalue weighted by molar-refractivity contribution is 7.99. The number of aromatic nitrogens is 1. The second-order valence-corrected chi connectivity index (χ2v) is 5.59. The first-order valence-electron chi connectivity index (χ1n) is 6.78. The number of amides is 3. The Bertz CT molecular complexity index is 652. The van der Waals surface area contributed by atoms with Crippen molar-refractivity contribution in [3.63, 3.8) is 0 Å². The molecule has 0 saturated carbocycles. The molecule has 1 aromatic heterocycles. The maximum absolute atomic E-state index is 12.7. The summed E-state index contributed by atoms with van der Waals surface area (Å²) in [5.74, 6) is -0.0968. The summed E-state index contributed by atoms with van der Waals surface area (Å²) < 4.78 is 12.7. The maximum atomic E-state index is 12.7. The van der Waals surface area contributed by atoms with Crippen LogP contribution in [0.4, 0.5) is 14.9 Å². The highest BCUT2D eigenvalue weighted by Crippen LogP contribution is 2.18. The number of rotatable bonds is 5. The molecule has 0 fully saturated rings. The highest BCUT2D eigenvalue weighted by atomic mass is 32.2. The number of benzene rings is 1. The molecule has 2 rings (SSSR count). The second kappa shape index (κ2) is 8.74. The number of hydrogen-bond acceptors (Lipinski definition) is 4. The number of urea groups is 1. The van der Waals surface area contributed by atoms with Crippen LogP contribution in [-0.2, 0) is 4.79 Å². The van der Waals surface area contributed by atoms with E-state index in [1.807, 2.05) is 0 Å². The fourth-order valence-corrected chi connectivity index (χ4v) is 2.43.